The first-order valence-corrected chi connectivity index (χ1v) is 8.20. The molecule has 0 atom stereocenters. The zero-order valence-corrected chi connectivity index (χ0v) is 14.6. The minimum Gasteiger partial charge on any atom is -0.380 e. The zero-order chi connectivity index (χ0) is 15.2. The van der Waals surface area contributed by atoms with Crippen LogP contribution in [0.15, 0.2) is 41.0 Å². The summed E-state index contributed by atoms with van der Waals surface area (Å²) in [6.45, 7) is 6.86. The molecule has 3 nitrogen and oxygen atoms in total. The third kappa shape index (κ3) is 4.35. The summed E-state index contributed by atoms with van der Waals surface area (Å²) in [5, 5.41) is 4.11. The summed E-state index contributed by atoms with van der Waals surface area (Å²) in [7, 11) is 0. The van der Waals surface area contributed by atoms with Gasteiger partial charge in [0.05, 0.1) is 11.9 Å². The number of halogens is 2. The van der Waals surface area contributed by atoms with Gasteiger partial charge in [-0.25, -0.2) is 4.98 Å². The molecule has 0 bridgehead atoms. The van der Waals surface area contributed by atoms with Crippen molar-refractivity contribution in [2.45, 2.75) is 20.4 Å². The summed E-state index contributed by atoms with van der Waals surface area (Å²) in [6, 6.07) is 9.94. The molecule has 0 spiro atoms. The average molecular weight is 369 g/mol. The highest BCUT2D eigenvalue weighted by Crippen LogP contribution is 2.22. The molecule has 1 aromatic heterocycles. The van der Waals surface area contributed by atoms with Gasteiger partial charge in [0, 0.05) is 29.1 Å². The molecule has 0 aliphatic carbocycles. The molecule has 0 radical (unpaired) electrons. The Morgan fingerprint density at radius 1 is 1.19 bits per heavy atom. The van der Waals surface area contributed by atoms with Gasteiger partial charge in [0.2, 0.25) is 0 Å². The summed E-state index contributed by atoms with van der Waals surface area (Å²) in [6.07, 6.45) is 1.86. The van der Waals surface area contributed by atoms with Gasteiger partial charge in [-0.1, -0.05) is 27.5 Å². The van der Waals surface area contributed by atoms with Crippen molar-refractivity contribution in [3.63, 3.8) is 0 Å². The third-order valence-corrected chi connectivity index (χ3v) is 4.19. The second-order valence-electron chi connectivity index (χ2n) is 4.67. The van der Waals surface area contributed by atoms with Crippen molar-refractivity contribution >= 4 is 39.0 Å². The fourth-order valence-corrected chi connectivity index (χ4v) is 2.69. The lowest BCUT2D eigenvalue weighted by Gasteiger charge is -2.19. The highest BCUT2D eigenvalue weighted by atomic mass is 79.9. The van der Waals surface area contributed by atoms with Crippen LogP contribution in [0, 0.1) is 0 Å². The van der Waals surface area contributed by atoms with E-state index < -0.39 is 0 Å². The normalized spacial score (nSPS) is 10.5. The Morgan fingerprint density at radius 3 is 2.57 bits per heavy atom. The van der Waals surface area contributed by atoms with Crippen LogP contribution in [0.2, 0.25) is 5.02 Å². The average Bonchev–Trinajstić information content (AvgIpc) is 2.51. The highest BCUT2D eigenvalue weighted by molar-refractivity contribution is 9.10. The molecule has 0 unspecified atom stereocenters. The number of rotatable bonds is 6. The van der Waals surface area contributed by atoms with E-state index in [1.54, 1.807) is 0 Å². The molecule has 21 heavy (non-hydrogen) atoms. The van der Waals surface area contributed by atoms with Gasteiger partial charge in [-0.2, -0.15) is 0 Å². The monoisotopic (exact) mass is 367 g/mol. The summed E-state index contributed by atoms with van der Waals surface area (Å²) in [4.78, 5) is 6.71. The molecule has 0 aliphatic rings. The molecule has 0 fully saturated rings. The van der Waals surface area contributed by atoms with E-state index in [0.29, 0.717) is 6.54 Å². The van der Waals surface area contributed by atoms with Crippen molar-refractivity contribution in [2.24, 2.45) is 0 Å². The number of anilines is 2. The van der Waals surface area contributed by atoms with Crippen LogP contribution in [0.4, 0.5) is 11.5 Å². The minimum absolute atomic E-state index is 0.671. The summed E-state index contributed by atoms with van der Waals surface area (Å²) in [5.74, 6) is 1.01. The van der Waals surface area contributed by atoms with Crippen LogP contribution in [-0.4, -0.2) is 18.1 Å². The van der Waals surface area contributed by atoms with Crippen LogP contribution < -0.4 is 10.2 Å². The SMILES string of the molecule is CCN(CC)c1ccc(NCc2cc(Br)ccc2Cl)cn1. The van der Waals surface area contributed by atoms with E-state index in [2.05, 4.69) is 45.0 Å². The molecule has 2 rings (SSSR count). The first kappa shape index (κ1) is 16.1. The van der Waals surface area contributed by atoms with Crippen molar-refractivity contribution in [3.8, 4) is 0 Å². The van der Waals surface area contributed by atoms with Crippen LogP contribution in [0.3, 0.4) is 0 Å². The molecule has 1 aromatic carbocycles. The number of pyridine rings is 1. The standard InChI is InChI=1S/C16H19BrClN3/c1-3-21(4-2)16-8-6-14(11-20-16)19-10-12-9-13(17)5-7-15(12)18/h5-9,11,19H,3-4,10H2,1-2H3. The van der Waals surface area contributed by atoms with Crippen LogP contribution in [-0.2, 0) is 6.54 Å². The van der Waals surface area contributed by atoms with Gasteiger partial charge in [-0.3, -0.25) is 0 Å². The Morgan fingerprint density at radius 2 is 1.95 bits per heavy atom. The summed E-state index contributed by atoms with van der Waals surface area (Å²) >= 11 is 9.64. The minimum atomic E-state index is 0.671. The number of benzene rings is 1. The second kappa shape index (κ2) is 7.66. The van der Waals surface area contributed by atoms with E-state index >= 15 is 0 Å². The lowest BCUT2D eigenvalue weighted by Crippen LogP contribution is -2.22. The molecule has 0 saturated carbocycles. The number of nitrogens with zero attached hydrogens (tertiary/aromatic N) is 2. The van der Waals surface area contributed by atoms with E-state index in [-0.39, 0.29) is 0 Å². The van der Waals surface area contributed by atoms with Crippen LogP contribution in [0.5, 0.6) is 0 Å². The molecule has 5 heteroatoms. The predicted octanol–water partition coefficient (Wildman–Crippen LogP) is 4.96. The van der Waals surface area contributed by atoms with E-state index in [1.165, 1.54) is 0 Å². The van der Waals surface area contributed by atoms with E-state index in [9.17, 15) is 0 Å². The molecule has 0 aliphatic heterocycles. The Hall–Kier alpha value is -1.26. The van der Waals surface area contributed by atoms with Gasteiger partial charge < -0.3 is 10.2 Å². The number of aromatic nitrogens is 1. The molecular formula is C16H19BrClN3. The van der Waals surface area contributed by atoms with Gasteiger partial charge in [-0.05, 0) is 49.7 Å². The Bertz CT molecular complexity index is 583. The molecule has 0 amide bonds. The third-order valence-electron chi connectivity index (χ3n) is 3.33. The Labute approximate surface area is 139 Å². The number of nitrogens with one attached hydrogen (secondary N) is 1. The van der Waals surface area contributed by atoms with E-state index in [0.717, 1.165) is 39.7 Å². The topological polar surface area (TPSA) is 28.2 Å². The highest BCUT2D eigenvalue weighted by Gasteiger charge is 2.04. The van der Waals surface area contributed by atoms with Crippen molar-refractivity contribution in [2.75, 3.05) is 23.3 Å². The molecular weight excluding hydrogens is 350 g/mol. The molecule has 1 N–H and O–H groups in total. The van der Waals surface area contributed by atoms with Crippen molar-refractivity contribution < 1.29 is 0 Å². The van der Waals surface area contributed by atoms with Gasteiger partial charge >= 0.3 is 0 Å². The van der Waals surface area contributed by atoms with E-state index in [1.807, 2.05) is 36.5 Å². The largest absolute Gasteiger partial charge is 0.380 e. The maximum atomic E-state index is 6.18. The van der Waals surface area contributed by atoms with Crippen LogP contribution in [0.1, 0.15) is 19.4 Å². The lowest BCUT2D eigenvalue weighted by molar-refractivity contribution is 0.846. The number of hydrogen-bond acceptors (Lipinski definition) is 3. The van der Waals surface area contributed by atoms with Crippen LogP contribution >= 0.6 is 27.5 Å². The Kier molecular flexibility index (Phi) is 5.88. The molecule has 1 heterocycles. The quantitative estimate of drug-likeness (QED) is 0.781. The van der Waals surface area contributed by atoms with Crippen LogP contribution in [0.25, 0.3) is 0 Å². The predicted molar refractivity (Wildman–Crippen MR) is 94.3 cm³/mol. The van der Waals surface area contributed by atoms with Gasteiger partial charge in [0.25, 0.3) is 0 Å². The van der Waals surface area contributed by atoms with Gasteiger partial charge in [0.15, 0.2) is 0 Å². The molecule has 112 valence electrons. The summed E-state index contributed by atoms with van der Waals surface area (Å²) < 4.78 is 1.03. The van der Waals surface area contributed by atoms with Crippen molar-refractivity contribution in [1.82, 2.24) is 4.98 Å². The van der Waals surface area contributed by atoms with Gasteiger partial charge in [0.1, 0.15) is 5.82 Å². The molecule has 2 aromatic rings. The van der Waals surface area contributed by atoms with Crippen molar-refractivity contribution in [1.29, 1.82) is 0 Å². The number of hydrogen-bond donors (Lipinski definition) is 1. The Balaban J connectivity index is 2.02. The summed E-state index contributed by atoms with van der Waals surface area (Å²) in [5.41, 5.74) is 2.04. The smallest absolute Gasteiger partial charge is 0.128 e. The van der Waals surface area contributed by atoms with E-state index in [4.69, 9.17) is 11.6 Å². The maximum Gasteiger partial charge on any atom is 0.128 e. The fourth-order valence-electron chi connectivity index (χ4n) is 2.10. The molecule has 0 saturated heterocycles. The first-order chi connectivity index (χ1) is 10.1. The maximum absolute atomic E-state index is 6.18. The van der Waals surface area contributed by atoms with Gasteiger partial charge in [-0.15, -0.1) is 0 Å². The lowest BCUT2D eigenvalue weighted by atomic mass is 10.2. The second-order valence-corrected chi connectivity index (χ2v) is 5.99. The fraction of sp³-hybridized carbons (Fsp3) is 0.312. The van der Waals surface area contributed by atoms with Crippen molar-refractivity contribution in [3.05, 3.63) is 51.6 Å². The first-order valence-electron chi connectivity index (χ1n) is 7.02. The zero-order valence-electron chi connectivity index (χ0n) is 12.2.